The van der Waals surface area contributed by atoms with Crippen LogP contribution in [0, 0.1) is 0 Å². The molecule has 0 atom stereocenters. The summed E-state index contributed by atoms with van der Waals surface area (Å²) in [6, 6.07) is 0. The van der Waals surface area contributed by atoms with Crippen LogP contribution in [0.25, 0.3) is 0 Å². The summed E-state index contributed by atoms with van der Waals surface area (Å²) < 4.78 is 0. The summed E-state index contributed by atoms with van der Waals surface area (Å²) in [5.74, 6) is 0. The van der Waals surface area contributed by atoms with Crippen LogP contribution in [0.3, 0.4) is 0 Å². The van der Waals surface area contributed by atoms with Crippen molar-refractivity contribution in [2.45, 2.75) is 51.4 Å². The average molecular weight is 198 g/mol. The van der Waals surface area contributed by atoms with Crippen molar-refractivity contribution in [3.63, 3.8) is 0 Å². The Morgan fingerprint density at radius 2 is 1.62 bits per heavy atom. The Morgan fingerprint density at radius 3 is 2.15 bits per heavy atom. The number of hydrogen-bond acceptors (Lipinski definition) is 1. The second-order valence-corrected chi connectivity index (χ2v) is 4.77. The molecule has 76 valence electrons. The van der Waals surface area contributed by atoms with E-state index >= 15 is 0 Å². The van der Waals surface area contributed by atoms with Crippen LogP contribution >= 0.6 is 0 Å². The second kappa shape index (κ2) is 9.71. The van der Waals surface area contributed by atoms with E-state index in [1.807, 2.05) is 6.08 Å². The van der Waals surface area contributed by atoms with Gasteiger partial charge in [0, 0.05) is 6.42 Å². The summed E-state index contributed by atoms with van der Waals surface area (Å²) in [4.78, 5) is 10.7. The lowest BCUT2D eigenvalue weighted by molar-refractivity contribution is -0.111. The van der Waals surface area contributed by atoms with Gasteiger partial charge in [-0.15, -0.1) is 6.58 Å². The average Bonchev–Trinajstić information content (AvgIpc) is 2.09. The number of unbranched alkanes of at least 4 members (excludes halogenated alkanes) is 6. The van der Waals surface area contributed by atoms with Gasteiger partial charge in [0.2, 0.25) is 0 Å². The van der Waals surface area contributed by atoms with Crippen molar-refractivity contribution in [1.82, 2.24) is 0 Å². The Kier molecular flexibility index (Phi) is 9.43. The van der Waals surface area contributed by atoms with Gasteiger partial charge < -0.3 is 4.79 Å². The molecule has 0 aliphatic rings. The highest BCUT2D eigenvalue weighted by Crippen LogP contribution is 2.08. The third kappa shape index (κ3) is 11.6. The fourth-order valence-corrected chi connectivity index (χ4v) is 1.72. The van der Waals surface area contributed by atoms with Crippen LogP contribution in [0.5, 0.6) is 0 Å². The molecule has 0 aromatic rings. The van der Waals surface area contributed by atoms with Crippen LogP contribution in [-0.2, 0) is 4.79 Å². The molecule has 0 N–H and O–H groups in total. The number of rotatable bonds is 9. The van der Waals surface area contributed by atoms with E-state index in [1.165, 1.54) is 32.1 Å². The van der Waals surface area contributed by atoms with Crippen LogP contribution in [0.2, 0.25) is 0 Å². The predicted molar refractivity (Wildman–Crippen MR) is 62.1 cm³/mol. The van der Waals surface area contributed by atoms with Crippen molar-refractivity contribution in [2.24, 2.45) is 0 Å². The quantitative estimate of drug-likeness (QED) is 0.315. The van der Waals surface area contributed by atoms with Gasteiger partial charge in [-0.05, 0) is 19.3 Å². The van der Waals surface area contributed by atoms with Gasteiger partial charge in [-0.25, -0.2) is 0 Å². The molecule has 0 unspecified atom stereocenters. The van der Waals surface area contributed by atoms with Crippen molar-refractivity contribution in [1.29, 1.82) is 0 Å². The number of carbonyl (C=O) groups is 1. The van der Waals surface area contributed by atoms with Crippen molar-refractivity contribution in [3.05, 3.63) is 12.7 Å². The monoisotopic (exact) mass is 198 g/mol. The van der Waals surface area contributed by atoms with E-state index in [2.05, 4.69) is 6.58 Å². The van der Waals surface area contributed by atoms with Gasteiger partial charge in [-0.2, -0.15) is 0 Å². The molecule has 0 saturated carbocycles. The standard InChI is InChI=1S/C11H22OSi/c1-2-3-4-5-6-7-8-9-10-11(12)13/h2H,1,3-10H2,13H3. The topological polar surface area (TPSA) is 17.1 Å². The molecule has 0 saturated heterocycles. The number of allylic oxidation sites excluding steroid dienone is 1. The van der Waals surface area contributed by atoms with E-state index in [4.69, 9.17) is 0 Å². The van der Waals surface area contributed by atoms with Crippen molar-refractivity contribution < 1.29 is 4.79 Å². The molecule has 0 radical (unpaired) electrons. The summed E-state index contributed by atoms with van der Waals surface area (Å²) in [5.41, 5.74) is 0. The van der Waals surface area contributed by atoms with E-state index in [1.54, 1.807) is 0 Å². The lowest BCUT2D eigenvalue weighted by atomic mass is 10.1. The van der Waals surface area contributed by atoms with E-state index < -0.39 is 0 Å². The second-order valence-electron chi connectivity index (χ2n) is 3.65. The lowest BCUT2D eigenvalue weighted by Gasteiger charge is -1.99. The Bertz CT molecular complexity index is 143. The normalized spacial score (nSPS) is 10.2. The van der Waals surface area contributed by atoms with Gasteiger partial charge >= 0.3 is 0 Å². The highest BCUT2D eigenvalue weighted by atomic mass is 28.1. The molecule has 0 amide bonds. The van der Waals surface area contributed by atoms with Gasteiger partial charge in [0.25, 0.3) is 0 Å². The van der Waals surface area contributed by atoms with Crippen LogP contribution < -0.4 is 0 Å². The first kappa shape index (κ1) is 12.6. The van der Waals surface area contributed by atoms with E-state index in [9.17, 15) is 4.79 Å². The zero-order chi connectivity index (χ0) is 9.94. The fraction of sp³-hybridized carbons (Fsp3) is 0.727. The molecule has 0 rings (SSSR count). The third-order valence-electron chi connectivity index (χ3n) is 2.19. The van der Waals surface area contributed by atoms with Gasteiger partial charge in [0.05, 0.1) is 10.2 Å². The third-order valence-corrected chi connectivity index (χ3v) is 2.69. The van der Waals surface area contributed by atoms with E-state index in [0.29, 0.717) is 5.41 Å². The number of carbonyl (C=O) groups excluding carboxylic acids is 1. The maximum absolute atomic E-state index is 10.7. The van der Waals surface area contributed by atoms with Crippen LogP contribution in [-0.4, -0.2) is 15.6 Å². The smallest absolute Gasteiger partial charge is 0.100 e. The van der Waals surface area contributed by atoms with Crippen molar-refractivity contribution in [2.75, 3.05) is 0 Å². The zero-order valence-corrected chi connectivity index (χ0v) is 10.8. The van der Waals surface area contributed by atoms with Crippen LogP contribution in [0.4, 0.5) is 0 Å². The molecule has 0 aromatic heterocycles. The number of hydrogen-bond donors (Lipinski definition) is 0. The van der Waals surface area contributed by atoms with Gasteiger partial charge in [0.1, 0.15) is 5.41 Å². The highest BCUT2D eigenvalue weighted by Gasteiger charge is 1.93. The maximum Gasteiger partial charge on any atom is 0.100 e. The van der Waals surface area contributed by atoms with Crippen molar-refractivity contribution in [3.8, 4) is 0 Å². The summed E-state index contributed by atoms with van der Waals surface area (Å²) in [6.07, 6.45) is 11.5. The Balaban J connectivity index is 2.91. The molecule has 0 aliphatic carbocycles. The summed E-state index contributed by atoms with van der Waals surface area (Å²) in [7, 11) is 0.740. The lowest BCUT2D eigenvalue weighted by Crippen LogP contribution is -1.94. The first-order valence-corrected chi connectivity index (χ1v) is 6.37. The molecule has 1 nitrogen and oxygen atoms in total. The molecule has 2 heteroatoms. The molecule has 0 spiro atoms. The molecule has 0 aliphatic heterocycles. The van der Waals surface area contributed by atoms with Gasteiger partial charge in [0.15, 0.2) is 0 Å². The minimum atomic E-state index is 0.464. The van der Waals surface area contributed by atoms with Crippen LogP contribution in [0.1, 0.15) is 51.4 Å². The SMILES string of the molecule is C=CCCCCCCCCC(=O)[SiH3]. The molecule has 0 heterocycles. The minimum absolute atomic E-state index is 0.464. The molecular weight excluding hydrogens is 176 g/mol. The Labute approximate surface area is 85.0 Å². The Hall–Kier alpha value is -0.373. The van der Waals surface area contributed by atoms with Crippen LogP contribution in [0.15, 0.2) is 12.7 Å². The summed E-state index contributed by atoms with van der Waals surface area (Å²) in [6.45, 7) is 3.69. The molecule has 0 bridgehead atoms. The minimum Gasteiger partial charge on any atom is -0.307 e. The van der Waals surface area contributed by atoms with Gasteiger partial charge in [-0.1, -0.05) is 31.8 Å². The van der Waals surface area contributed by atoms with E-state index in [-0.39, 0.29) is 0 Å². The molecule has 13 heavy (non-hydrogen) atoms. The first-order valence-electron chi connectivity index (χ1n) is 5.37. The Morgan fingerprint density at radius 1 is 1.08 bits per heavy atom. The van der Waals surface area contributed by atoms with Crippen molar-refractivity contribution >= 4 is 15.6 Å². The molecular formula is C11H22OSi. The summed E-state index contributed by atoms with van der Waals surface area (Å²) >= 11 is 0. The highest BCUT2D eigenvalue weighted by molar-refractivity contribution is 6.57. The maximum atomic E-state index is 10.7. The molecule has 0 aromatic carbocycles. The van der Waals surface area contributed by atoms with Gasteiger partial charge in [-0.3, -0.25) is 0 Å². The predicted octanol–water partition coefficient (Wildman–Crippen LogP) is 2.19. The first-order chi connectivity index (χ1) is 6.27. The largest absolute Gasteiger partial charge is 0.307 e. The molecule has 0 fully saturated rings. The fourth-order valence-electron chi connectivity index (χ4n) is 1.37. The summed E-state index contributed by atoms with van der Waals surface area (Å²) in [5, 5.41) is 0.464. The van der Waals surface area contributed by atoms with E-state index in [0.717, 1.165) is 29.5 Å². The zero-order valence-electron chi connectivity index (χ0n) is 8.85.